The molecule has 3 rings (SSSR count). The van der Waals surface area contributed by atoms with E-state index in [4.69, 9.17) is 0 Å². The highest BCUT2D eigenvalue weighted by atomic mass is 79.9. The number of benzene rings is 1. The van der Waals surface area contributed by atoms with Gasteiger partial charge in [0.15, 0.2) is 0 Å². The molecule has 5 heteroatoms. The second-order valence-corrected chi connectivity index (χ2v) is 8.11. The standard InChI is InChI=1S/C16H13Br2NOS/c1-7-4-10(21-9(7)3)5-11-14-8(2)12(17)6-13(18)15(14)19-16(11)20/h4-6H,1-3H3,(H,19,20). The number of halogens is 2. The van der Waals surface area contributed by atoms with Crippen LogP contribution >= 0.6 is 43.2 Å². The Bertz CT molecular complexity index is 786. The van der Waals surface area contributed by atoms with Crippen LogP contribution < -0.4 is 5.32 Å². The van der Waals surface area contributed by atoms with Gasteiger partial charge in [-0.15, -0.1) is 11.3 Å². The number of carbonyl (C=O) groups excluding carboxylic acids is 1. The van der Waals surface area contributed by atoms with E-state index in [1.165, 1.54) is 10.4 Å². The Labute approximate surface area is 144 Å². The highest BCUT2D eigenvalue weighted by Crippen LogP contribution is 2.43. The Morgan fingerprint density at radius 2 is 1.86 bits per heavy atom. The van der Waals surface area contributed by atoms with E-state index in [1.807, 2.05) is 19.1 Å². The van der Waals surface area contributed by atoms with E-state index >= 15 is 0 Å². The van der Waals surface area contributed by atoms with E-state index in [1.54, 1.807) is 11.3 Å². The van der Waals surface area contributed by atoms with Crippen molar-refractivity contribution >= 4 is 66.4 Å². The van der Waals surface area contributed by atoms with Crippen molar-refractivity contribution in [2.75, 3.05) is 5.32 Å². The van der Waals surface area contributed by atoms with E-state index in [-0.39, 0.29) is 5.91 Å². The molecule has 0 aliphatic carbocycles. The number of amides is 1. The highest BCUT2D eigenvalue weighted by Gasteiger charge is 2.29. The van der Waals surface area contributed by atoms with Gasteiger partial charge in [-0.2, -0.15) is 0 Å². The minimum atomic E-state index is -0.0457. The van der Waals surface area contributed by atoms with E-state index in [0.29, 0.717) is 0 Å². The van der Waals surface area contributed by atoms with Gasteiger partial charge in [0.05, 0.1) is 11.3 Å². The number of thiophene rings is 1. The molecule has 0 atom stereocenters. The lowest BCUT2D eigenvalue weighted by molar-refractivity contribution is -0.110. The zero-order valence-electron chi connectivity index (χ0n) is 11.8. The van der Waals surface area contributed by atoms with Gasteiger partial charge < -0.3 is 5.32 Å². The fourth-order valence-corrected chi connectivity index (χ4v) is 4.67. The molecule has 0 radical (unpaired) electrons. The molecular weight excluding hydrogens is 414 g/mol. The van der Waals surface area contributed by atoms with Crippen molar-refractivity contribution in [3.8, 4) is 0 Å². The number of fused-ring (bicyclic) bond motifs is 1. The minimum Gasteiger partial charge on any atom is -0.320 e. The molecule has 1 amide bonds. The van der Waals surface area contributed by atoms with Gasteiger partial charge >= 0.3 is 0 Å². The number of hydrogen-bond acceptors (Lipinski definition) is 2. The third-order valence-corrected chi connectivity index (χ3v) is 6.25. The van der Waals surface area contributed by atoms with Gasteiger partial charge in [-0.25, -0.2) is 0 Å². The molecule has 1 aliphatic rings. The molecule has 0 spiro atoms. The molecule has 0 unspecified atom stereocenters. The van der Waals surface area contributed by atoms with Crippen LogP contribution in [0.1, 0.15) is 26.4 Å². The lowest BCUT2D eigenvalue weighted by Gasteiger charge is -2.08. The normalized spacial score (nSPS) is 15.5. The van der Waals surface area contributed by atoms with Gasteiger partial charge in [-0.1, -0.05) is 15.9 Å². The first-order valence-corrected chi connectivity index (χ1v) is 8.87. The largest absolute Gasteiger partial charge is 0.320 e. The second kappa shape index (κ2) is 5.38. The predicted octanol–water partition coefficient (Wildman–Crippen LogP) is 5.69. The topological polar surface area (TPSA) is 29.1 Å². The molecule has 108 valence electrons. The summed E-state index contributed by atoms with van der Waals surface area (Å²) in [4.78, 5) is 14.7. The molecule has 1 aliphatic heterocycles. The molecule has 2 aromatic rings. The second-order valence-electron chi connectivity index (χ2n) is 5.12. The smallest absolute Gasteiger partial charge is 0.256 e. The Kier molecular flexibility index (Phi) is 3.84. The molecule has 0 saturated carbocycles. The lowest BCUT2D eigenvalue weighted by Crippen LogP contribution is -2.03. The molecule has 21 heavy (non-hydrogen) atoms. The van der Waals surface area contributed by atoms with Crippen LogP contribution in [0.15, 0.2) is 21.1 Å². The summed E-state index contributed by atoms with van der Waals surface area (Å²) in [5, 5.41) is 2.96. The molecule has 1 aromatic carbocycles. The van der Waals surface area contributed by atoms with E-state index < -0.39 is 0 Å². The van der Waals surface area contributed by atoms with Crippen LogP contribution in [0, 0.1) is 20.8 Å². The number of carbonyl (C=O) groups is 1. The SMILES string of the molecule is Cc1cc(C=C2C(=O)Nc3c(Br)cc(Br)c(C)c32)sc1C. The Balaban J connectivity index is 2.21. The first-order chi connectivity index (χ1) is 9.88. The van der Waals surface area contributed by atoms with Crippen molar-refractivity contribution < 1.29 is 4.79 Å². The number of rotatable bonds is 1. The van der Waals surface area contributed by atoms with Gasteiger partial charge in [0.25, 0.3) is 5.91 Å². The van der Waals surface area contributed by atoms with E-state index in [9.17, 15) is 4.79 Å². The summed E-state index contributed by atoms with van der Waals surface area (Å²) in [5.74, 6) is -0.0457. The fraction of sp³-hybridized carbons (Fsp3) is 0.188. The zero-order valence-corrected chi connectivity index (χ0v) is 15.8. The van der Waals surface area contributed by atoms with Crippen LogP contribution in [-0.4, -0.2) is 5.91 Å². The Hall–Kier alpha value is -0.910. The maximum Gasteiger partial charge on any atom is 0.256 e. The third-order valence-electron chi connectivity index (χ3n) is 3.70. The maximum absolute atomic E-state index is 12.3. The van der Waals surface area contributed by atoms with Crippen LogP contribution in [0.25, 0.3) is 11.6 Å². The Morgan fingerprint density at radius 1 is 1.14 bits per heavy atom. The van der Waals surface area contributed by atoms with Crippen molar-refractivity contribution in [1.82, 2.24) is 0 Å². The summed E-state index contributed by atoms with van der Waals surface area (Å²) in [7, 11) is 0. The quantitative estimate of drug-likeness (QED) is 0.583. The van der Waals surface area contributed by atoms with Crippen LogP contribution in [0.2, 0.25) is 0 Å². The molecular formula is C16H13Br2NOS. The molecule has 1 aromatic heterocycles. The van der Waals surface area contributed by atoms with Crippen molar-refractivity contribution in [2.45, 2.75) is 20.8 Å². The molecule has 2 heterocycles. The monoisotopic (exact) mass is 425 g/mol. The first kappa shape index (κ1) is 15.0. The van der Waals surface area contributed by atoms with Gasteiger partial charge in [-0.3, -0.25) is 4.79 Å². The molecule has 0 fully saturated rings. The molecule has 2 nitrogen and oxygen atoms in total. The van der Waals surface area contributed by atoms with E-state index in [0.717, 1.165) is 36.2 Å². The minimum absolute atomic E-state index is 0.0457. The summed E-state index contributed by atoms with van der Waals surface area (Å²) < 4.78 is 1.89. The van der Waals surface area contributed by atoms with Gasteiger partial charge in [0, 0.05) is 24.3 Å². The van der Waals surface area contributed by atoms with Gasteiger partial charge in [-0.05, 0) is 66.0 Å². The summed E-state index contributed by atoms with van der Waals surface area (Å²) in [6.45, 7) is 6.21. The summed E-state index contributed by atoms with van der Waals surface area (Å²) in [6.07, 6.45) is 1.98. The van der Waals surface area contributed by atoms with Gasteiger partial charge in [0.2, 0.25) is 0 Å². The maximum atomic E-state index is 12.3. The number of hydrogen-bond donors (Lipinski definition) is 1. The molecule has 1 N–H and O–H groups in total. The van der Waals surface area contributed by atoms with Crippen LogP contribution in [0.3, 0.4) is 0 Å². The summed E-state index contributed by atoms with van der Waals surface area (Å²) >= 11 is 8.79. The number of anilines is 1. The van der Waals surface area contributed by atoms with Crippen molar-refractivity contribution in [3.63, 3.8) is 0 Å². The highest BCUT2D eigenvalue weighted by molar-refractivity contribution is 9.11. The summed E-state index contributed by atoms with van der Waals surface area (Å²) in [6, 6.07) is 4.09. The predicted molar refractivity (Wildman–Crippen MR) is 96.9 cm³/mol. The van der Waals surface area contributed by atoms with Crippen molar-refractivity contribution in [3.05, 3.63) is 47.5 Å². The average molecular weight is 427 g/mol. The number of aryl methyl sites for hydroxylation is 2. The van der Waals surface area contributed by atoms with Crippen LogP contribution in [0.4, 0.5) is 5.69 Å². The van der Waals surface area contributed by atoms with Crippen molar-refractivity contribution in [1.29, 1.82) is 0 Å². The summed E-state index contributed by atoms with van der Waals surface area (Å²) in [5.41, 5.74) is 4.90. The van der Waals surface area contributed by atoms with Crippen molar-refractivity contribution in [2.24, 2.45) is 0 Å². The van der Waals surface area contributed by atoms with Crippen LogP contribution in [-0.2, 0) is 4.79 Å². The Morgan fingerprint density at radius 3 is 2.48 bits per heavy atom. The first-order valence-electron chi connectivity index (χ1n) is 6.47. The van der Waals surface area contributed by atoms with E-state index in [2.05, 4.69) is 57.1 Å². The molecule has 0 bridgehead atoms. The number of nitrogens with one attached hydrogen (secondary N) is 1. The third kappa shape index (κ3) is 2.51. The fourth-order valence-electron chi connectivity index (χ4n) is 2.42. The lowest BCUT2D eigenvalue weighted by atomic mass is 10.0. The van der Waals surface area contributed by atoms with Gasteiger partial charge in [0.1, 0.15) is 0 Å². The van der Waals surface area contributed by atoms with Crippen LogP contribution in [0.5, 0.6) is 0 Å². The average Bonchev–Trinajstić information content (AvgIpc) is 2.90. The zero-order chi connectivity index (χ0) is 15.3. The molecule has 0 saturated heterocycles.